The number of benzene rings is 1. The number of aldehydes is 1. The van der Waals surface area contributed by atoms with E-state index in [0.29, 0.717) is 13.0 Å². The van der Waals surface area contributed by atoms with Gasteiger partial charge in [-0.1, -0.05) is 37.3 Å². The second-order valence-electron chi connectivity index (χ2n) is 3.16. The third-order valence-electron chi connectivity index (χ3n) is 2.38. The highest BCUT2D eigenvalue weighted by atomic mass is 16.5. The van der Waals surface area contributed by atoms with E-state index in [1.807, 2.05) is 44.2 Å². The highest BCUT2D eigenvalue weighted by Gasteiger charge is 2.29. The van der Waals surface area contributed by atoms with Crippen molar-refractivity contribution < 1.29 is 9.53 Å². The Morgan fingerprint density at radius 2 is 1.93 bits per heavy atom. The number of carbonyl (C=O) groups is 1. The third-order valence-corrected chi connectivity index (χ3v) is 2.38. The molecule has 1 atom stereocenters. The first kappa shape index (κ1) is 10.9. The van der Waals surface area contributed by atoms with Gasteiger partial charge in [0.1, 0.15) is 5.60 Å². The molecule has 0 spiro atoms. The van der Waals surface area contributed by atoms with E-state index in [4.69, 9.17) is 4.74 Å². The molecule has 1 aromatic rings. The fourth-order valence-electron chi connectivity index (χ4n) is 1.55. The zero-order valence-corrected chi connectivity index (χ0v) is 8.69. The molecule has 1 rings (SSSR count). The van der Waals surface area contributed by atoms with Gasteiger partial charge in [-0.2, -0.15) is 0 Å². The van der Waals surface area contributed by atoms with Crippen LogP contribution in [0.2, 0.25) is 0 Å². The molecule has 0 aromatic heterocycles. The summed E-state index contributed by atoms with van der Waals surface area (Å²) in [6.45, 7) is 4.40. The topological polar surface area (TPSA) is 26.3 Å². The van der Waals surface area contributed by atoms with Gasteiger partial charge in [-0.25, -0.2) is 0 Å². The zero-order chi connectivity index (χ0) is 10.4. The number of rotatable bonds is 5. The minimum absolute atomic E-state index is 0.543. The van der Waals surface area contributed by atoms with Crippen molar-refractivity contribution in [2.24, 2.45) is 0 Å². The van der Waals surface area contributed by atoms with Crippen molar-refractivity contribution in [3.8, 4) is 0 Å². The summed E-state index contributed by atoms with van der Waals surface area (Å²) in [6, 6.07) is 9.62. The van der Waals surface area contributed by atoms with Gasteiger partial charge in [-0.3, -0.25) is 4.79 Å². The Hall–Kier alpha value is -1.15. The van der Waals surface area contributed by atoms with E-state index < -0.39 is 5.60 Å². The van der Waals surface area contributed by atoms with Crippen molar-refractivity contribution in [2.75, 3.05) is 6.61 Å². The minimum atomic E-state index is -0.754. The summed E-state index contributed by atoms with van der Waals surface area (Å²) in [5.41, 5.74) is 0.176. The lowest BCUT2D eigenvalue weighted by Gasteiger charge is -2.26. The standard InChI is InChI=1S/C12H16O2/c1-3-12(10-13,14-4-2)11-8-6-5-7-9-11/h5-10H,3-4H2,1-2H3. The van der Waals surface area contributed by atoms with E-state index in [2.05, 4.69) is 0 Å². The fourth-order valence-corrected chi connectivity index (χ4v) is 1.55. The molecule has 14 heavy (non-hydrogen) atoms. The summed E-state index contributed by atoms with van der Waals surface area (Å²) in [5, 5.41) is 0. The predicted molar refractivity (Wildman–Crippen MR) is 56.1 cm³/mol. The van der Waals surface area contributed by atoms with Crippen molar-refractivity contribution >= 4 is 6.29 Å². The van der Waals surface area contributed by atoms with Gasteiger partial charge < -0.3 is 4.74 Å². The van der Waals surface area contributed by atoms with Crippen molar-refractivity contribution in [3.05, 3.63) is 35.9 Å². The van der Waals surface area contributed by atoms with Crippen LogP contribution < -0.4 is 0 Å². The molecule has 0 saturated heterocycles. The molecule has 0 heterocycles. The van der Waals surface area contributed by atoms with Crippen LogP contribution in [0, 0.1) is 0 Å². The second-order valence-corrected chi connectivity index (χ2v) is 3.16. The molecule has 0 aliphatic rings. The van der Waals surface area contributed by atoms with Crippen LogP contribution in [-0.2, 0) is 15.1 Å². The van der Waals surface area contributed by atoms with Gasteiger partial charge in [-0.05, 0) is 18.9 Å². The molecule has 0 aliphatic heterocycles. The van der Waals surface area contributed by atoms with E-state index in [-0.39, 0.29) is 0 Å². The summed E-state index contributed by atoms with van der Waals surface area (Å²) in [4.78, 5) is 11.1. The molecule has 0 radical (unpaired) electrons. The van der Waals surface area contributed by atoms with Gasteiger partial charge in [0.15, 0.2) is 6.29 Å². The molecule has 0 amide bonds. The number of hydrogen-bond donors (Lipinski definition) is 0. The molecule has 0 saturated carbocycles. The van der Waals surface area contributed by atoms with E-state index in [1.54, 1.807) is 0 Å². The van der Waals surface area contributed by atoms with Gasteiger partial charge in [0.25, 0.3) is 0 Å². The Morgan fingerprint density at radius 1 is 1.29 bits per heavy atom. The quantitative estimate of drug-likeness (QED) is 0.670. The first-order valence-corrected chi connectivity index (χ1v) is 4.95. The Labute approximate surface area is 84.9 Å². The number of carbonyl (C=O) groups excluding carboxylic acids is 1. The molecule has 0 fully saturated rings. The SMILES string of the molecule is CCOC(C=O)(CC)c1ccccc1. The highest BCUT2D eigenvalue weighted by Crippen LogP contribution is 2.26. The van der Waals surface area contributed by atoms with Crippen LogP contribution >= 0.6 is 0 Å². The Morgan fingerprint density at radius 3 is 2.36 bits per heavy atom. The average Bonchev–Trinajstić information content (AvgIpc) is 2.27. The summed E-state index contributed by atoms with van der Waals surface area (Å²) in [5.74, 6) is 0. The number of hydrogen-bond acceptors (Lipinski definition) is 2. The largest absolute Gasteiger partial charge is 0.363 e. The molecule has 1 aromatic carbocycles. The first-order valence-electron chi connectivity index (χ1n) is 4.95. The van der Waals surface area contributed by atoms with Crippen molar-refractivity contribution in [1.29, 1.82) is 0 Å². The molecular formula is C12H16O2. The first-order chi connectivity index (χ1) is 6.79. The third kappa shape index (κ3) is 2.02. The molecule has 1 unspecified atom stereocenters. The molecule has 76 valence electrons. The summed E-state index contributed by atoms with van der Waals surface area (Å²) in [7, 11) is 0. The van der Waals surface area contributed by atoms with Crippen LogP contribution in [0.3, 0.4) is 0 Å². The van der Waals surface area contributed by atoms with E-state index in [9.17, 15) is 4.79 Å². The summed E-state index contributed by atoms with van der Waals surface area (Å²) >= 11 is 0. The second kappa shape index (κ2) is 4.91. The highest BCUT2D eigenvalue weighted by molar-refractivity contribution is 5.66. The zero-order valence-electron chi connectivity index (χ0n) is 8.69. The summed E-state index contributed by atoms with van der Waals surface area (Å²) in [6.07, 6.45) is 1.56. The van der Waals surface area contributed by atoms with Crippen molar-refractivity contribution in [1.82, 2.24) is 0 Å². The van der Waals surface area contributed by atoms with Gasteiger partial charge in [-0.15, -0.1) is 0 Å². The smallest absolute Gasteiger partial charge is 0.156 e. The molecule has 0 N–H and O–H groups in total. The maximum Gasteiger partial charge on any atom is 0.156 e. The molecule has 0 aliphatic carbocycles. The average molecular weight is 192 g/mol. The maximum atomic E-state index is 11.1. The molecule has 2 nitrogen and oxygen atoms in total. The Balaban J connectivity index is 3.04. The van der Waals surface area contributed by atoms with Crippen LogP contribution in [0.5, 0.6) is 0 Å². The maximum absolute atomic E-state index is 11.1. The van der Waals surface area contributed by atoms with Gasteiger partial charge in [0.05, 0.1) is 0 Å². The van der Waals surface area contributed by atoms with Gasteiger partial charge in [0, 0.05) is 6.61 Å². The van der Waals surface area contributed by atoms with Crippen molar-refractivity contribution in [3.63, 3.8) is 0 Å². The molecule has 0 bridgehead atoms. The van der Waals surface area contributed by atoms with Crippen LogP contribution in [0.15, 0.2) is 30.3 Å². The lowest BCUT2D eigenvalue weighted by Crippen LogP contribution is -2.30. The van der Waals surface area contributed by atoms with E-state index >= 15 is 0 Å². The Kier molecular flexibility index (Phi) is 3.84. The lowest BCUT2D eigenvalue weighted by molar-refractivity contribution is -0.132. The van der Waals surface area contributed by atoms with Crippen LogP contribution in [0.1, 0.15) is 25.8 Å². The Bertz CT molecular complexity index is 282. The normalized spacial score (nSPS) is 14.7. The number of ether oxygens (including phenoxy) is 1. The van der Waals surface area contributed by atoms with Crippen LogP contribution in [0.25, 0.3) is 0 Å². The van der Waals surface area contributed by atoms with E-state index in [1.165, 1.54) is 0 Å². The van der Waals surface area contributed by atoms with Crippen molar-refractivity contribution in [2.45, 2.75) is 25.9 Å². The lowest BCUT2D eigenvalue weighted by atomic mass is 9.92. The van der Waals surface area contributed by atoms with Gasteiger partial charge >= 0.3 is 0 Å². The van der Waals surface area contributed by atoms with E-state index in [0.717, 1.165) is 11.8 Å². The fraction of sp³-hybridized carbons (Fsp3) is 0.417. The summed E-state index contributed by atoms with van der Waals surface area (Å²) < 4.78 is 5.55. The van der Waals surface area contributed by atoms with Gasteiger partial charge in [0.2, 0.25) is 0 Å². The monoisotopic (exact) mass is 192 g/mol. The molecule has 2 heteroatoms. The van der Waals surface area contributed by atoms with Crippen LogP contribution in [-0.4, -0.2) is 12.9 Å². The predicted octanol–water partition coefficient (Wildman–Crippen LogP) is 2.53. The minimum Gasteiger partial charge on any atom is -0.363 e. The van der Waals surface area contributed by atoms with Crippen LogP contribution in [0.4, 0.5) is 0 Å². The molecular weight excluding hydrogens is 176 g/mol.